The van der Waals surface area contributed by atoms with E-state index in [0.29, 0.717) is 19.7 Å². The van der Waals surface area contributed by atoms with Crippen molar-refractivity contribution in [1.29, 1.82) is 0 Å². The summed E-state index contributed by atoms with van der Waals surface area (Å²) in [6.07, 6.45) is -0.0854. The normalized spacial score (nSPS) is 14.6. The van der Waals surface area contributed by atoms with Gasteiger partial charge < -0.3 is 10.1 Å². The molecule has 8 nitrogen and oxygen atoms in total. The topological polar surface area (TPSA) is 88.0 Å². The van der Waals surface area contributed by atoms with Crippen molar-refractivity contribution in [2.24, 2.45) is 0 Å². The van der Waals surface area contributed by atoms with Gasteiger partial charge in [-0.25, -0.2) is 0 Å². The Morgan fingerprint density at radius 1 is 0.833 bits per heavy atom. The van der Waals surface area contributed by atoms with E-state index >= 15 is 0 Å². The van der Waals surface area contributed by atoms with E-state index in [2.05, 4.69) is 39.4 Å². The zero-order chi connectivity index (χ0) is 25.2. The van der Waals surface area contributed by atoms with Crippen LogP contribution in [-0.2, 0) is 4.74 Å². The fourth-order valence-corrected chi connectivity index (χ4v) is 4.42. The molecule has 0 radical (unpaired) electrons. The molecule has 0 aromatic heterocycles. The number of hydrogen-bond donors (Lipinski definition) is 1. The van der Waals surface area contributed by atoms with Crippen LogP contribution in [0.1, 0.15) is 27.6 Å². The highest BCUT2D eigenvalue weighted by Crippen LogP contribution is 2.25. The molecule has 188 valence electrons. The Morgan fingerprint density at radius 3 is 1.94 bits per heavy atom. The Hall–Kier alpha value is -3.59. The highest BCUT2D eigenvalue weighted by atomic mass is 16.6. The fourth-order valence-electron chi connectivity index (χ4n) is 4.42. The largest absolute Gasteiger partial charge is 0.367 e. The summed E-state index contributed by atoms with van der Waals surface area (Å²) in [6.45, 7) is 6.33. The molecule has 3 aromatic carbocycles. The number of nitro groups is 1. The van der Waals surface area contributed by atoms with Gasteiger partial charge in [0.25, 0.3) is 11.6 Å². The van der Waals surface area contributed by atoms with E-state index in [0.717, 1.165) is 43.9 Å². The average Bonchev–Trinajstić information content (AvgIpc) is 2.93. The first-order valence-corrected chi connectivity index (χ1v) is 12.3. The smallest absolute Gasteiger partial charge is 0.282 e. The van der Waals surface area contributed by atoms with Gasteiger partial charge in [-0.2, -0.15) is 0 Å². The van der Waals surface area contributed by atoms with E-state index < -0.39 is 10.8 Å². The van der Waals surface area contributed by atoms with Crippen molar-refractivity contribution in [3.8, 4) is 0 Å². The molecule has 0 spiro atoms. The second-order valence-electron chi connectivity index (χ2n) is 8.79. The Balaban J connectivity index is 1.18. The minimum absolute atomic E-state index is 0.0854. The summed E-state index contributed by atoms with van der Waals surface area (Å²) in [4.78, 5) is 27.7. The number of piperazine rings is 1. The summed E-state index contributed by atoms with van der Waals surface area (Å²) >= 11 is 0. The number of ether oxygens (including phenoxy) is 1. The van der Waals surface area contributed by atoms with Gasteiger partial charge in [0.1, 0.15) is 11.7 Å². The molecule has 8 heteroatoms. The standard InChI is InChI=1S/C28H32N4O4/c33-28(25-13-7-8-14-26(25)32(34)35)29-15-16-30-17-19-31(20-18-30)21-22-36-27(23-9-3-1-4-10-23)24-11-5-2-6-12-24/h1-14,27H,15-22H2,(H,29,33). The fraction of sp³-hybridized carbons (Fsp3) is 0.321. The second-order valence-corrected chi connectivity index (χ2v) is 8.79. The molecule has 0 aliphatic carbocycles. The summed E-state index contributed by atoms with van der Waals surface area (Å²) in [5.41, 5.74) is 2.22. The van der Waals surface area contributed by atoms with E-state index in [9.17, 15) is 14.9 Å². The van der Waals surface area contributed by atoms with Crippen LogP contribution in [0.3, 0.4) is 0 Å². The van der Waals surface area contributed by atoms with E-state index in [1.54, 1.807) is 12.1 Å². The monoisotopic (exact) mass is 488 g/mol. The molecule has 0 atom stereocenters. The van der Waals surface area contributed by atoms with Gasteiger partial charge in [0.2, 0.25) is 0 Å². The van der Waals surface area contributed by atoms with Crippen LogP contribution in [0.15, 0.2) is 84.9 Å². The summed E-state index contributed by atoms with van der Waals surface area (Å²) < 4.78 is 6.35. The van der Waals surface area contributed by atoms with Crippen molar-refractivity contribution >= 4 is 11.6 Å². The van der Waals surface area contributed by atoms with Crippen molar-refractivity contribution in [2.45, 2.75) is 6.10 Å². The van der Waals surface area contributed by atoms with Gasteiger partial charge in [0, 0.05) is 51.9 Å². The SMILES string of the molecule is O=C(NCCN1CCN(CCOC(c2ccccc2)c2ccccc2)CC1)c1ccccc1[N+](=O)[O-]. The van der Waals surface area contributed by atoms with Gasteiger partial charge in [-0.1, -0.05) is 72.8 Å². The predicted molar refractivity (Wildman–Crippen MR) is 139 cm³/mol. The van der Waals surface area contributed by atoms with Crippen molar-refractivity contribution < 1.29 is 14.5 Å². The van der Waals surface area contributed by atoms with Gasteiger partial charge >= 0.3 is 0 Å². The summed E-state index contributed by atoms with van der Waals surface area (Å²) in [7, 11) is 0. The summed E-state index contributed by atoms with van der Waals surface area (Å²) in [5, 5.41) is 14.0. The van der Waals surface area contributed by atoms with Crippen molar-refractivity contribution in [3.05, 3.63) is 112 Å². The highest BCUT2D eigenvalue weighted by molar-refractivity contribution is 5.98. The number of para-hydroxylation sites is 1. The van der Waals surface area contributed by atoms with Gasteiger partial charge in [0.15, 0.2) is 0 Å². The number of benzene rings is 3. The number of carbonyl (C=O) groups is 1. The molecule has 1 heterocycles. The van der Waals surface area contributed by atoms with Crippen molar-refractivity contribution in [3.63, 3.8) is 0 Å². The molecule has 1 amide bonds. The molecule has 0 bridgehead atoms. The highest BCUT2D eigenvalue weighted by Gasteiger charge is 2.21. The Morgan fingerprint density at radius 2 is 1.36 bits per heavy atom. The molecule has 1 aliphatic rings. The second kappa shape index (κ2) is 12.9. The number of nitrogens with one attached hydrogen (secondary N) is 1. The minimum Gasteiger partial charge on any atom is -0.367 e. The molecule has 36 heavy (non-hydrogen) atoms. The first-order valence-electron chi connectivity index (χ1n) is 12.3. The van der Waals surface area contributed by atoms with Gasteiger partial charge in [-0.05, 0) is 17.2 Å². The molecule has 4 rings (SSSR count). The number of carbonyl (C=O) groups excluding carboxylic acids is 1. The van der Waals surface area contributed by atoms with Gasteiger partial charge in [0.05, 0.1) is 11.5 Å². The third-order valence-electron chi connectivity index (χ3n) is 6.42. The lowest BCUT2D eigenvalue weighted by molar-refractivity contribution is -0.385. The predicted octanol–water partition coefficient (Wildman–Crippen LogP) is 3.75. The van der Waals surface area contributed by atoms with E-state index in [-0.39, 0.29) is 17.4 Å². The maximum atomic E-state index is 12.4. The number of hydrogen-bond acceptors (Lipinski definition) is 6. The van der Waals surface area contributed by atoms with Crippen LogP contribution in [0.25, 0.3) is 0 Å². The molecule has 3 aromatic rings. The number of amides is 1. The summed E-state index contributed by atoms with van der Waals surface area (Å²) in [5.74, 6) is -0.413. The Kier molecular flexibility index (Phi) is 9.15. The summed E-state index contributed by atoms with van der Waals surface area (Å²) in [6, 6.07) is 26.6. The van der Waals surface area contributed by atoms with Gasteiger partial charge in [-0.3, -0.25) is 24.7 Å². The lowest BCUT2D eigenvalue weighted by Gasteiger charge is -2.34. The molecule has 1 saturated heterocycles. The van der Waals surface area contributed by atoms with Crippen LogP contribution in [-0.4, -0.2) is 73.1 Å². The number of rotatable bonds is 11. The zero-order valence-corrected chi connectivity index (χ0v) is 20.3. The van der Waals surface area contributed by atoms with Crippen LogP contribution in [0, 0.1) is 10.1 Å². The lowest BCUT2D eigenvalue weighted by atomic mass is 10.0. The lowest BCUT2D eigenvalue weighted by Crippen LogP contribution is -2.49. The molecule has 0 unspecified atom stereocenters. The maximum absolute atomic E-state index is 12.4. The third-order valence-corrected chi connectivity index (χ3v) is 6.42. The minimum atomic E-state index is -0.528. The Labute approximate surface area is 211 Å². The molecular formula is C28H32N4O4. The molecule has 1 fully saturated rings. The van der Waals surface area contributed by atoms with Crippen LogP contribution in [0.2, 0.25) is 0 Å². The molecule has 1 aliphatic heterocycles. The molecule has 0 saturated carbocycles. The molecular weight excluding hydrogens is 456 g/mol. The van der Waals surface area contributed by atoms with Crippen LogP contribution < -0.4 is 5.32 Å². The maximum Gasteiger partial charge on any atom is 0.282 e. The van der Waals surface area contributed by atoms with Crippen LogP contribution >= 0.6 is 0 Å². The zero-order valence-electron chi connectivity index (χ0n) is 20.3. The van der Waals surface area contributed by atoms with Gasteiger partial charge in [-0.15, -0.1) is 0 Å². The third kappa shape index (κ3) is 6.97. The van der Waals surface area contributed by atoms with E-state index in [1.165, 1.54) is 12.1 Å². The quantitative estimate of drug-likeness (QED) is 0.327. The van der Waals surface area contributed by atoms with E-state index in [1.807, 2.05) is 36.4 Å². The van der Waals surface area contributed by atoms with Crippen LogP contribution in [0.4, 0.5) is 5.69 Å². The average molecular weight is 489 g/mol. The Bertz CT molecular complexity index is 1080. The van der Waals surface area contributed by atoms with Crippen molar-refractivity contribution in [2.75, 3.05) is 52.4 Å². The number of nitro benzene ring substituents is 1. The number of nitrogens with zero attached hydrogens (tertiary/aromatic N) is 3. The molecule has 1 N–H and O–H groups in total. The first kappa shape index (κ1) is 25.5. The van der Waals surface area contributed by atoms with Crippen molar-refractivity contribution in [1.82, 2.24) is 15.1 Å². The first-order chi connectivity index (χ1) is 17.6. The van der Waals surface area contributed by atoms with Crippen LogP contribution in [0.5, 0.6) is 0 Å². The van der Waals surface area contributed by atoms with E-state index in [4.69, 9.17) is 4.74 Å².